The van der Waals surface area contributed by atoms with Gasteiger partial charge in [-0.1, -0.05) is 50.8 Å². The van der Waals surface area contributed by atoms with Crippen molar-refractivity contribution in [1.29, 1.82) is 0 Å². The minimum atomic E-state index is -5.16. The molecule has 17 rings (SSSR count). The number of nitrogens with one attached hydrogen (secondary N) is 6. The zero-order chi connectivity index (χ0) is 101. The van der Waals surface area contributed by atoms with Gasteiger partial charge in [-0.25, -0.2) is 33.2 Å². The van der Waals surface area contributed by atoms with Crippen molar-refractivity contribution < 1.29 is 139 Å². The number of hydrogen-bond acceptors (Lipinski definition) is 46. The molecule has 11 aromatic rings. The number of aryl methyl sites for hydroxylation is 4. The van der Waals surface area contributed by atoms with Crippen LogP contribution in [0.5, 0.6) is 0 Å². The Balaban J connectivity index is 0.000000178. The number of imidazole rings is 2. The van der Waals surface area contributed by atoms with E-state index in [1.807, 2.05) is 167 Å². The molecule has 6 aliphatic rings. The Labute approximate surface area is 863 Å². The van der Waals surface area contributed by atoms with Crippen LogP contribution in [0.25, 0.3) is 33.8 Å². The van der Waals surface area contributed by atoms with Crippen LogP contribution in [0, 0.1) is 17.8 Å². The summed E-state index contributed by atoms with van der Waals surface area (Å²) in [6, 6.07) is 11.5. The van der Waals surface area contributed by atoms with Crippen molar-refractivity contribution in [3.05, 3.63) is 176 Å². The number of pyridine rings is 3. The number of oxime groups is 3. The van der Waals surface area contributed by atoms with E-state index in [9.17, 15) is 91.7 Å². The number of carboxylic acids is 3. The molecule has 6 aliphatic heterocycles. The summed E-state index contributed by atoms with van der Waals surface area (Å²) in [5.41, 5.74) is 3.10. The molecule has 49 nitrogen and oxygen atoms in total. The molecule has 65 heteroatoms. The van der Waals surface area contributed by atoms with Crippen molar-refractivity contribution >= 4 is 271 Å². The SMILES string of the molecule is CCO/N=C(\C(=O)C[C@@H]1C(=O)N2C(C(=O)[O-])=C(Sc3nc(-c4cc[n+](C)cc4)cs3)CS[C@H]12)c1nsc(NP(=O)([O-])O)n1.CCO/N=C(\C(=O)C[C@@H]1C(=O)N2C(C(=O)[O-])=C(Sc3nc(-c4cc[n+](C)cc4)cs3)CS[C@H]12)c1nsc(NP(=O)([O-])O)n1.CCO/N=C(\C(=O)C[C@@H]1C(=O)N2C(C(=O)[O-])=C(Sc3nc(-c4cc[n+](C)cc4)cs3)CS[C@H]12)c1nsc(NP(=O)([O-])[O-])n1.C[n+]1cc[nH]c1.[Mg+2].c1c[nH+]c[nH]1. The first-order valence-electron chi connectivity index (χ1n) is 40.3. The van der Waals surface area contributed by atoms with Crippen LogP contribution in [0.15, 0.2) is 187 Å². The molecule has 2 unspecified atom stereocenters. The maximum Gasteiger partial charge on any atom is 2.00 e. The van der Waals surface area contributed by atoms with Gasteiger partial charge < -0.3 is 93.4 Å². The molecule has 0 aliphatic carbocycles. The number of Topliss-reactive ketones (excluding diaryl/α,β-unsaturated/α-hetero) is 3. The Morgan fingerprint density at radius 3 is 1.03 bits per heavy atom. The number of H-pyrrole nitrogens is 3. The van der Waals surface area contributed by atoms with Crippen LogP contribution in [0.2, 0.25) is 0 Å². The van der Waals surface area contributed by atoms with Crippen LogP contribution in [0.1, 0.15) is 57.5 Å². The van der Waals surface area contributed by atoms with E-state index in [1.54, 1.807) is 42.4 Å². The van der Waals surface area contributed by atoms with Crippen LogP contribution in [-0.4, -0.2) is 224 Å². The number of amides is 3. The van der Waals surface area contributed by atoms with E-state index in [4.69, 9.17) is 24.3 Å². The number of carbonyl (C=O) groups is 9. The molecule has 11 aromatic heterocycles. The number of hydrogen-bond donors (Lipinski definition) is 7. The first kappa shape index (κ1) is 109. The number of thioether (sulfide) groups is 6. The van der Waals surface area contributed by atoms with Gasteiger partial charge in [-0.2, -0.15) is 28.1 Å². The van der Waals surface area contributed by atoms with E-state index in [0.717, 1.165) is 83.8 Å². The third kappa shape index (κ3) is 28.6. The van der Waals surface area contributed by atoms with Gasteiger partial charge in [-0.05, 0) is 20.8 Å². The first-order valence-corrected chi connectivity index (χ1v) is 55.6. The smallest absolute Gasteiger partial charge is 0.795 e. The van der Waals surface area contributed by atoms with Crippen LogP contribution in [-0.2, 0) is 99.5 Å². The van der Waals surface area contributed by atoms with Gasteiger partial charge in [0.15, 0.2) is 84.7 Å². The number of anilines is 3. The number of ketones is 3. The zero-order valence-corrected chi connectivity index (χ0v) is 87.7. The van der Waals surface area contributed by atoms with Gasteiger partial charge in [-0.3, -0.25) is 67.5 Å². The zero-order valence-electron chi connectivity index (χ0n) is 73.8. The Hall–Kier alpha value is -10.4. The normalized spacial score (nSPS) is 18.5. The number of carbonyl (C=O) groups excluding carboxylic acids is 9. The van der Waals surface area contributed by atoms with Crippen LogP contribution in [0.3, 0.4) is 0 Å². The molecule has 3 saturated heterocycles. The molecular formula is C76H74MgN25O24P3S12. The number of aromatic amines is 3. The second-order valence-corrected chi connectivity index (χ2v) is 44.9. The van der Waals surface area contributed by atoms with E-state index in [2.05, 4.69) is 73.4 Å². The molecule has 8 atom stereocenters. The molecular weight excluding hydrogens is 2150 g/mol. The average Bonchev–Trinajstić information content (AvgIpc) is 0.885. The molecule has 0 aromatic carbocycles. The van der Waals surface area contributed by atoms with E-state index in [1.165, 1.54) is 69.3 Å². The Bertz CT molecular complexity index is 6190. The van der Waals surface area contributed by atoms with Crippen LogP contribution >= 0.6 is 162 Å². The van der Waals surface area contributed by atoms with Crippen molar-refractivity contribution in [2.75, 3.05) is 52.3 Å². The van der Waals surface area contributed by atoms with E-state index in [0.29, 0.717) is 62.3 Å². The third-order valence-electron chi connectivity index (χ3n) is 19.2. The largest absolute Gasteiger partial charge is 2.00 e. The molecule has 17 heterocycles. The van der Waals surface area contributed by atoms with Gasteiger partial charge in [0.05, 0.1) is 93.0 Å². The fourth-order valence-electron chi connectivity index (χ4n) is 13.0. The van der Waals surface area contributed by atoms with Gasteiger partial charge in [0.25, 0.3) is 0 Å². The molecule has 141 heavy (non-hydrogen) atoms. The Kier molecular flexibility index (Phi) is 38.2. The predicted molar refractivity (Wildman–Crippen MR) is 506 cm³/mol. The summed E-state index contributed by atoms with van der Waals surface area (Å²) in [4.78, 5) is 232. The minimum absolute atomic E-state index is 0. The number of aromatic nitrogens is 16. The van der Waals surface area contributed by atoms with Gasteiger partial charge in [0.1, 0.15) is 65.8 Å². The summed E-state index contributed by atoms with van der Waals surface area (Å²) < 4.78 is 54.3. The maximum atomic E-state index is 13.2. The number of β-lactam (4-membered cyclic amide) rings is 3. The standard InChI is InChI=1S/3C23H22N7O8PS4.C4H6N2.C3H4N2.Mg/c3*1-3-38-26-16(18-25-22(43-28-18)27-39(35,36)37)14(31)8-12-19(32)30-17(21(33)34)15(10-40-20(12)30)42-23-24-13(9-41-23)11-4-6-29(2)7-5-11;1-6-3-2-5-4-6;1-2-5-3-4-1;/h3*4-7,9,12,20H,3,8,10H2,1-2H3,(H3-,25,27,28,33,34,35,36,37);2-4H,1H3;1-3H,(H,4,5);/q;;;;;+2/p-2/b3*26-16+;;;/t3*12-,20-;;;/m111.../s1. The van der Waals surface area contributed by atoms with Crippen molar-refractivity contribution in [3.63, 3.8) is 0 Å². The number of aliphatic carboxylic acids is 3. The minimum Gasteiger partial charge on any atom is -0.795 e. The summed E-state index contributed by atoms with van der Waals surface area (Å²) in [5.74, 6) is -11.0. The summed E-state index contributed by atoms with van der Waals surface area (Å²) >= 11 is 13.1. The number of rotatable bonds is 36. The molecule has 0 saturated carbocycles. The number of carboxylic acid groups (broad SMARTS) is 3. The third-order valence-corrected chi connectivity index (χ3v) is 33.7. The second kappa shape index (κ2) is 49.3. The second-order valence-electron chi connectivity index (χ2n) is 29.0. The molecule has 0 spiro atoms. The molecule has 0 bridgehead atoms. The van der Waals surface area contributed by atoms with Crippen LogP contribution < -0.4 is 73.4 Å². The predicted octanol–water partition coefficient (Wildman–Crippen LogP) is -0.314. The molecule has 3 fully saturated rings. The van der Waals surface area contributed by atoms with Crippen molar-refractivity contribution in [2.24, 2.45) is 61.4 Å². The fourth-order valence-corrected chi connectivity index (χ4v) is 27.3. The van der Waals surface area contributed by atoms with E-state index < -0.39 is 110 Å². The number of fused-ring (bicyclic) bond motifs is 3. The van der Waals surface area contributed by atoms with Gasteiger partial charge >= 0.3 is 23.1 Å². The van der Waals surface area contributed by atoms with Gasteiger partial charge in [0, 0.05) is 163 Å². The summed E-state index contributed by atoms with van der Waals surface area (Å²) in [7, 11) is -7.31. The maximum absolute atomic E-state index is 13.2. The fraction of sp³-hybridized carbons (Fsp3) is 0.289. The molecule has 736 valence electrons. The summed E-state index contributed by atoms with van der Waals surface area (Å²) in [6.45, 7) is 5.13. The van der Waals surface area contributed by atoms with Crippen molar-refractivity contribution in [2.45, 2.75) is 69.2 Å². The van der Waals surface area contributed by atoms with E-state index in [-0.39, 0.29) is 146 Å². The van der Waals surface area contributed by atoms with Gasteiger partial charge in [-0.15, -0.1) is 69.3 Å². The molecule has 8 N–H and O–H groups in total. The monoisotopic (exact) mass is 2220 g/mol. The van der Waals surface area contributed by atoms with Crippen molar-refractivity contribution in [3.8, 4) is 33.8 Å². The number of thiazole rings is 3. The quantitative estimate of drug-likeness (QED) is 0.00661. The first-order chi connectivity index (χ1) is 66.7. The molecule has 3 amide bonds. The van der Waals surface area contributed by atoms with Crippen LogP contribution in [0.4, 0.5) is 15.4 Å². The topological polar surface area (TPSA) is 695 Å². The number of nitrogens with zero attached hydrogens (tertiary/aromatic N) is 19. The summed E-state index contributed by atoms with van der Waals surface area (Å²) in [6.07, 6.45) is 21.4. The van der Waals surface area contributed by atoms with E-state index >= 15 is 0 Å². The Morgan fingerprint density at radius 1 is 0.482 bits per heavy atom. The Morgan fingerprint density at radius 2 is 0.794 bits per heavy atom. The summed E-state index contributed by atoms with van der Waals surface area (Å²) in [5, 5.41) is 55.7. The molecule has 0 radical (unpaired) electrons. The average molecular weight is 2220 g/mol. The van der Waals surface area contributed by atoms with Crippen molar-refractivity contribution in [1.82, 2.24) is 67.7 Å². The van der Waals surface area contributed by atoms with Gasteiger partial charge in [0.2, 0.25) is 78.7 Å².